The maximum Gasteiger partial charge on any atom is 1.00 e. The number of halogens is 6. The van der Waals surface area contributed by atoms with E-state index >= 15 is 0 Å². The monoisotopic (exact) mass is 376 g/mol. The molecule has 0 aliphatic carbocycles. The van der Waals surface area contributed by atoms with Gasteiger partial charge in [-0.1, -0.05) is 30.3 Å². The molecule has 0 radical (unpaired) electrons. The number of rotatable bonds is 1. The van der Waals surface area contributed by atoms with E-state index in [4.69, 9.17) is 0 Å². The van der Waals surface area contributed by atoms with Crippen molar-refractivity contribution in [2.45, 2.75) is 18.0 Å². The fourth-order valence-corrected chi connectivity index (χ4v) is 1.16. The van der Waals surface area contributed by atoms with Gasteiger partial charge in [0.1, 0.15) is 5.60 Å². The van der Waals surface area contributed by atoms with E-state index in [-0.39, 0.29) is 68.9 Å². The van der Waals surface area contributed by atoms with E-state index < -0.39 is 23.5 Å². The van der Waals surface area contributed by atoms with Crippen LogP contribution < -0.4 is 74.0 Å². The van der Waals surface area contributed by atoms with E-state index in [0.717, 1.165) is 12.1 Å². The Bertz CT molecular complexity index is 344. The topological polar surface area (TPSA) is 23.1 Å². The SMILES string of the molecule is [Cs+].[O-]C(c1ccccc1)(C(F)(F)F)C(F)(F)F. The van der Waals surface area contributed by atoms with Gasteiger partial charge in [0, 0.05) is 0 Å². The second-order valence-corrected chi connectivity index (χ2v) is 3.04. The van der Waals surface area contributed by atoms with Crippen LogP contribution in [0.1, 0.15) is 5.56 Å². The molecule has 0 atom stereocenters. The maximum atomic E-state index is 12.3. The molecule has 0 heterocycles. The van der Waals surface area contributed by atoms with E-state index in [1.807, 2.05) is 0 Å². The molecule has 1 rings (SSSR count). The summed E-state index contributed by atoms with van der Waals surface area (Å²) in [5.41, 5.74) is -6.45. The van der Waals surface area contributed by atoms with Gasteiger partial charge in [-0.3, -0.25) is 0 Å². The Kier molecular flexibility index (Phi) is 6.13. The normalized spacial score (nSPS) is 13.1. The van der Waals surface area contributed by atoms with E-state index in [9.17, 15) is 31.4 Å². The molecule has 8 heteroatoms. The van der Waals surface area contributed by atoms with Crippen LogP contribution in [-0.2, 0) is 5.60 Å². The summed E-state index contributed by atoms with van der Waals surface area (Å²) < 4.78 is 73.5. The Morgan fingerprint density at radius 3 is 1.41 bits per heavy atom. The van der Waals surface area contributed by atoms with E-state index in [1.54, 1.807) is 0 Å². The summed E-state index contributed by atoms with van der Waals surface area (Å²) in [6.07, 6.45) is -11.9. The molecule has 0 unspecified atom stereocenters. The minimum atomic E-state index is -5.94. The van der Waals surface area contributed by atoms with Crippen LogP contribution >= 0.6 is 0 Å². The van der Waals surface area contributed by atoms with Gasteiger partial charge in [0.25, 0.3) is 0 Å². The standard InChI is InChI=1S/C9H5F6O.Cs/c10-8(11,12)7(16,9(13,14)15)6-4-2-1-3-5-6;/h1-5H;/q-1;+1. The first-order chi connectivity index (χ1) is 7.11. The predicted molar refractivity (Wildman–Crippen MR) is 40.2 cm³/mol. The first-order valence-electron chi connectivity index (χ1n) is 4.00. The largest absolute Gasteiger partial charge is 1.00 e. The van der Waals surface area contributed by atoms with Crippen molar-refractivity contribution >= 4 is 0 Å². The van der Waals surface area contributed by atoms with Crippen molar-refractivity contribution in [1.29, 1.82) is 0 Å². The summed E-state index contributed by atoms with van der Waals surface area (Å²) in [4.78, 5) is 0. The molecule has 0 saturated carbocycles. The van der Waals surface area contributed by atoms with Gasteiger partial charge in [-0.2, -0.15) is 26.3 Å². The van der Waals surface area contributed by atoms with Gasteiger partial charge >= 0.3 is 81.2 Å². The van der Waals surface area contributed by atoms with Crippen molar-refractivity contribution in [3.8, 4) is 0 Å². The van der Waals surface area contributed by atoms with Gasteiger partial charge in [-0.15, -0.1) is 0 Å². The maximum absolute atomic E-state index is 12.3. The fourth-order valence-electron chi connectivity index (χ4n) is 1.16. The van der Waals surface area contributed by atoms with Crippen molar-refractivity contribution in [2.75, 3.05) is 0 Å². The van der Waals surface area contributed by atoms with E-state index in [0.29, 0.717) is 12.1 Å². The average Bonchev–Trinajstić information content (AvgIpc) is 2.14. The molecule has 1 aromatic carbocycles. The molecular weight excluding hydrogens is 371 g/mol. The first kappa shape index (κ1) is 17.8. The summed E-state index contributed by atoms with van der Waals surface area (Å²) in [7, 11) is 0. The van der Waals surface area contributed by atoms with E-state index in [1.165, 1.54) is 6.07 Å². The van der Waals surface area contributed by atoms with Crippen molar-refractivity contribution in [3.05, 3.63) is 35.9 Å². The molecular formula is C9H5CsF6O. The molecule has 0 amide bonds. The summed E-state index contributed by atoms with van der Waals surface area (Å²) in [6.45, 7) is 0. The summed E-state index contributed by atoms with van der Waals surface area (Å²) in [6, 6.07) is 4.12. The van der Waals surface area contributed by atoms with Crippen molar-refractivity contribution < 1.29 is 100 Å². The van der Waals surface area contributed by atoms with Crippen LogP contribution in [0, 0.1) is 0 Å². The van der Waals surface area contributed by atoms with Crippen LogP contribution in [0.5, 0.6) is 0 Å². The second-order valence-electron chi connectivity index (χ2n) is 3.04. The van der Waals surface area contributed by atoms with Crippen LogP contribution in [0.2, 0.25) is 0 Å². The third-order valence-electron chi connectivity index (χ3n) is 1.98. The third-order valence-corrected chi connectivity index (χ3v) is 1.98. The Morgan fingerprint density at radius 2 is 1.12 bits per heavy atom. The quantitative estimate of drug-likeness (QED) is 0.599. The zero-order chi connectivity index (χ0) is 12.6. The number of hydrogen-bond donors (Lipinski definition) is 0. The van der Waals surface area contributed by atoms with Gasteiger partial charge < -0.3 is 5.11 Å². The van der Waals surface area contributed by atoms with Crippen LogP contribution in [0.3, 0.4) is 0 Å². The van der Waals surface area contributed by atoms with E-state index in [2.05, 4.69) is 0 Å². The first-order valence-corrected chi connectivity index (χ1v) is 4.00. The number of hydrogen-bond acceptors (Lipinski definition) is 1. The molecule has 90 valence electrons. The Balaban J connectivity index is 0.00000256. The Labute approximate surface area is 152 Å². The summed E-state index contributed by atoms with van der Waals surface area (Å²) in [5.74, 6) is 0. The molecule has 1 nitrogen and oxygen atoms in total. The minimum Gasteiger partial charge on any atom is -0.833 e. The summed E-state index contributed by atoms with van der Waals surface area (Å²) in [5, 5.41) is 11.1. The van der Waals surface area contributed by atoms with Gasteiger partial charge in [0.2, 0.25) is 0 Å². The third kappa shape index (κ3) is 3.43. The fraction of sp³-hybridized carbons (Fsp3) is 0.333. The Hall–Kier alpha value is 0.812. The molecule has 0 bridgehead atoms. The van der Waals surface area contributed by atoms with Crippen molar-refractivity contribution in [1.82, 2.24) is 0 Å². The van der Waals surface area contributed by atoms with Crippen molar-refractivity contribution in [3.63, 3.8) is 0 Å². The van der Waals surface area contributed by atoms with Crippen LogP contribution in [-0.4, -0.2) is 12.4 Å². The molecule has 0 fully saturated rings. The minimum absolute atomic E-state index is 0. The van der Waals surface area contributed by atoms with Crippen molar-refractivity contribution in [2.24, 2.45) is 0 Å². The molecule has 1 aromatic rings. The molecule has 0 spiro atoms. The second kappa shape index (κ2) is 5.85. The van der Waals surface area contributed by atoms with Gasteiger partial charge in [-0.25, -0.2) is 0 Å². The molecule has 0 aliphatic rings. The number of alkyl halides is 6. The zero-order valence-corrected chi connectivity index (χ0v) is 14.8. The van der Waals surface area contributed by atoms with Gasteiger partial charge in [0.05, 0.1) is 0 Å². The van der Waals surface area contributed by atoms with Crippen LogP contribution in [0.15, 0.2) is 30.3 Å². The molecule has 0 N–H and O–H groups in total. The smallest absolute Gasteiger partial charge is 0.833 e. The molecule has 0 aromatic heterocycles. The molecule has 0 aliphatic heterocycles. The van der Waals surface area contributed by atoms with Crippen LogP contribution in [0.4, 0.5) is 26.3 Å². The van der Waals surface area contributed by atoms with Gasteiger partial charge in [-0.05, 0) is 5.56 Å². The predicted octanol–water partition coefficient (Wildman–Crippen LogP) is -0.629. The average molecular weight is 376 g/mol. The van der Waals surface area contributed by atoms with Crippen LogP contribution in [0.25, 0.3) is 0 Å². The molecule has 17 heavy (non-hydrogen) atoms. The molecule has 0 saturated heterocycles. The zero-order valence-electron chi connectivity index (χ0n) is 8.56. The number of benzene rings is 1. The Morgan fingerprint density at radius 1 is 0.765 bits per heavy atom. The van der Waals surface area contributed by atoms with Gasteiger partial charge in [0.15, 0.2) is 0 Å². The summed E-state index contributed by atoms with van der Waals surface area (Å²) >= 11 is 0.